The number of halogens is 1. The largest absolute Gasteiger partial charge is 0.503 e. The molecule has 0 saturated heterocycles. The number of carbonyl (C=O) groups is 1. The van der Waals surface area contributed by atoms with Crippen LogP contribution in [-0.4, -0.2) is 43.2 Å². The highest BCUT2D eigenvalue weighted by atomic mass is 35.5. The highest BCUT2D eigenvalue weighted by Gasteiger charge is 2.18. The van der Waals surface area contributed by atoms with Gasteiger partial charge in [0.1, 0.15) is 0 Å². The molecule has 0 heterocycles. The molecule has 2 rings (SSSR count). The molecule has 0 radical (unpaired) electrons. The van der Waals surface area contributed by atoms with Crippen molar-refractivity contribution in [2.24, 2.45) is 0 Å². The van der Waals surface area contributed by atoms with Crippen molar-refractivity contribution < 1.29 is 14.6 Å². The molecule has 1 atom stereocenters. The zero-order valence-electron chi connectivity index (χ0n) is 14.6. The number of nitrogens with zero attached hydrogens (tertiary/aromatic N) is 1. The third kappa shape index (κ3) is 4.87. The molecule has 2 N–H and O–H groups in total. The standard InChI is InChI=1S/C19H23ClN2O3/c1-4-25-17-11-14(10-15(20)18(17)23)19(24)21-12-16(22(2)3)13-8-6-5-7-9-13/h5-11,16,23H,4,12H2,1-3H3,(H,21,24). The van der Waals surface area contributed by atoms with E-state index in [1.54, 1.807) is 6.92 Å². The number of amides is 1. The van der Waals surface area contributed by atoms with Crippen LogP contribution in [-0.2, 0) is 0 Å². The van der Waals surface area contributed by atoms with Crippen molar-refractivity contribution in [1.29, 1.82) is 0 Å². The van der Waals surface area contributed by atoms with Crippen molar-refractivity contribution in [3.8, 4) is 11.5 Å². The first kappa shape index (κ1) is 19.1. The Kier molecular flexibility index (Phi) is 6.67. The molecule has 0 saturated carbocycles. The molecular weight excluding hydrogens is 340 g/mol. The molecule has 1 amide bonds. The molecular formula is C19H23ClN2O3. The molecule has 0 aliphatic heterocycles. The van der Waals surface area contributed by atoms with E-state index < -0.39 is 0 Å². The van der Waals surface area contributed by atoms with Crippen molar-refractivity contribution in [1.82, 2.24) is 10.2 Å². The second kappa shape index (κ2) is 8.74. The normalized spacial score (nSPS) is 12.0. The van der Waals surface area contributed by atoms with Gasteiger partial charge in [0.25, 0.3) is 5.91 Å². The molecule has 0 fully saturated rings. The first-order valence-electron chi connectivity index (χ1n) is 8.09. The molecule has 0 aliphatic carbocycles. The van der Waals surface area contributed by atoms with Gasteiger partial charge in [0.2, 0.25) is 0 Å². The van der Waals surface area contributed by atoms with Gasteiger partial charge in [-0.2, -0.15) is 0 Å². The number of hydrogen-bond donors (Lipinski definition) is 2. The summed E-state index contributed by atoms with van der Waals surface area (Å²) in [7, 11) is 3.93. The zero-order chi connectivity index (χ0) is 18.4. The molecule has 6 heteroatoms. The maximum atomic E-state index is 12.5. The van der Waals surface area contributed by atoms with E-state index in [0.717, 1.165) is 5.56 Å². The monoisotopic (exact) mass is 362 g/mol. The van der Waals surface area contributed by atoms with Crippen LogP contribution in [0.5, 0.6) is 11.5 Å². The third-order valence-corrected chi connectivity index (χ3v) is 4.14. The summed E-state index contributed by atoms with van der Waals surface area (Å²) in [5.41, 5.74) is 1.46. The van der Waals surface area contributed by atoms with Crippen LogP contribution in [0.1, 0.15) is 28.9 Å². The number of carbonyl (C=O) groups excluding carboxylic acids is 1. The summed E-state index contributed by atoms with van der Waals surface area (Å²) in [5, 5.41) is 12.9. The minimum atomic E-state index is -0.273. The highest BCUT2D eigenvalue weighted by Crippen LogP contribution is 2.35. The number of phenols is 1. The van der Waals surface area contributed by atoms with E-state index in [9.17, 15) is 9.90 Å². The van der Waals surface area contributed by atoms with Crippen LogP contribution in [0.3, 0.4) is 0 Å². The maximum Gasteiger partial charge on any atom is 0.251 e. The average molecular weight is 363 g/mol. The minimum absolute atomic E-state index is 0.0455. The molecule has 0 aliphatic rings. The SMILES string of the molecule is CCOc1cc(C(=O)NCC(c2ccccc2)N(C)C)cc(Cl)c1O. The Bertz CT molecular complexity index is 720. The first-order valence-corrected chi connectivity index (χ1v) is 8.46. The Balaban J connectivity index is 2.13. The predicted molar refractivity (Wildman–Crippen MR) is 99.5 cm³/mol. The van der Waals surface area contributed by atoms with Crippen LogP contribution in [0.4, 0.5) is 0 Å². The Hall–Kier alpha value is -2.24. The minimum Gasteiger partial charge on any atom is -0.503 e. The molecule has 1 unspecified atom stereocenters. The fourth-order valence-electron chi connectivity index (χ4n) is 2.54. The van der Waals surface area contributed by atoms with Gasteiger partial charge in [0.05, 0.1) is 17.7 Å². The number of likely N-dealkylation sites (N-methyl/N-ethyl adjacent to an activating group) is 1. The van der Waals surface area contributed by atoms with Crippen LogP contribution in [0.25, 0.3) is 0 Å². The smallest absolute Gasteiger partial charge is 0.251 e. The van der Waals surface area contributed by atoms with Gasteiger partial charge in [-0.1, -0.05) is 41.9 Å². The Morgan fingerprint density at radius 2 is 1.96 bits per heavy atom. The lowest BCUT2D eigenvalue weighted by Crippen LogP contribution is -2.34. The zero-order valence-corrected chi connectivity index (χ0v) is 15.4. The van der Waals surface area contributed by atoms with Crippen molar-refractivity contribution in [2.75, 3.05) is 27.2 Å². The number of phenolic OH excluding ortho intramolecular Hbond substituents is 1. The van der Waals surface area contributed by atoms with Crippen LogP contribution < -0.4 is 10.1 Å². The van der Waals surface area contributed by atoms with E-state index in [4.69, 9.17) is 16.3 Å². The Labute approximate surface area is 153 Å². The Morgan fingerprint density at radius 1 is 1.28 bits per heavy atom. The van der Waals surface area contributed by atoms with E-state index in [1.807, 2.05) is 49.3 Å². The van der Waals surface area contributed by atoms with E-state index in [2.05, 4.69) is 5.32 Å². The average Bonchev–Trinajstić information content (AvgIpc) is 2.59. The van der Waals surface area contributed by atoms with E-state index in [0.29, 0.717) is 18.7 Å². The van der Waals surface area contributed by atoms with Crippen LogP contribution in [0, 0.1) is 0 Å². The van der Waals surface area contributed by atoms with Crippen LogP contribution in [0.15, 0.2) is 42.5 Å². The van der Waals surface area contributed by atoms with Crippen LogP contribution >= 0.6 is 11.6 Å². The van der Waals surface area contributed by atoms with Gasteiger partial charge in [-0.25, -0.2) is 0 Å². The first-order chi connectivity index (χ1) is 11.9. The van der Waals surface area contributed by atoms with E-state index >= 15 is 0 Å². The van der Waals surface area contributed by atoms with Gasteiger partial charge >= 0.3 is 0 Å². The second-order valence-corrected chi connectivity index (χ2v) is 6.25. The summed E-state index contributed by atoms with van der Waals surface area (Å²) < 4.78 is 5.32. The number of rotatable bonds is 7. The van der Waals surface area contributed by atoms with Gasteiger partial charge in [-0.3, -0.25) is 4.79 Å². The van der Waals surface area contributed by atoms with E-state index in [1.165, 1.54) is 12.1 Å². The summed E-state index contributed by atoms with van der Waals surface area (Å²) in [6.45, 7) is 2.60. The van der Waals surface area contributed by atoms with Crippen LogP contribution in [0.2, 0.25) is 5.02 Å². The number of aromatic hydroxyl groups is 1. The number of ether oxygens (including phenoxy) is 1. The van der Waals surface area contributed by atoms with Gasteiger partial charge in [0, 0.05) is 12.1 Å². The molecule has 0 bridgehead atoms. The summed E-state index contributed by atoms with van der Waals surface area (Å²) in [6.07, 6.45) is 0. The van der Waals surface area contributed by atoms with Gasteiger partial charge in [-0.15, -0.1) is 0 Å². The lowest BCUT2D eigenvalue weighted by molar-refractivity contribution is 0.0941. The topological polar surface area (TPSA) is 61.8 Å². The fourth-order valence-corrected chi connectivity index (χ4v) is 2.75. The predicted octanol–water partition coefficient (Wildman–Crippen LogP) is 3.48. The molecule has 2 aromatic rings. The molecule has 0 aromatic heterocycles. The third-order valence-electron chi connectivity index (χ3n) is 3.85. The molecule has 134 valence electrons. The maximum absolute atomic E-state index is 12.5. The molecule has 2 aromatic carbocycles. The quantitative estimate of drug-likeness (QED) is 0.791. The summed E-state index contributed by atoms with van der Waals surface area (Å²) in [5.74, 6) is -0.228. The van der Waals surface area contributed by atoms with Gasteiger partial charge < -0.3 is 20.1 Å². The second-order valence-electron chi connectivity index (χ2n) is 5.84. The van der Waals surface area contributed by atoms with Gasteiger partial charge in [-0.05, 0) is 38.7 Å². The van der Waals surface area contributed by atoms with Gasteiger partial charge in [0.15, 0.2) is 11.5 Å². The summed E-state index contributed by atoms with van der Waals surface area (Å²) in [4.78, 5) is 14.5. The van der Waals surface area contributed by atoms with Crippen molar-refractivity contribution in [2.45, 2.75) is 13.0 Å². The van der Waals surface area contributed by atoms with Crippen molar-refractivity contribution in [3.05, 3.63) is 58.6 Å². The Morgan fingerprint density at radius 3 is 2.56 bits per heavy atom. The lowest BCUT2D eigenvalue weighted by Gasteiger charge is -2.25. The lowest BCUT2D eigenvalue weighted by atomic mass is 10.1. The fraction of sp³-hybridized carbons (Fsp3) is 0.316. The highest BCUT2D eigenvalue weighted by molar-refractivity contribution is 6.32. The van der Waals surface area contributed by atoms with E-state index in [-0.39, 0.29) is 28.5 Å². The molecule has 0 spiro atoms. The van der Waals surface area contributed by atoms with Crippen molar-refractivity contribution >= 4 is 17.5 Å². The van der Waals surface area contributed by atoms with Crippen molar-refractivity contribution in [3.63, 3.8) is 0 Å². The molecule has 25 heavy (non-hydrogen) atoms. The molecule has 5 nitrogen and oxygen atoms in total. The summed E-state index contributed by atoms with van der Waals surface area (Å²) in [6, 6.07) is 12.9. The number of nitrogens with one attached hydrogen (secondary N) is 1. The number of benzene rings is 2. The number of hydrogen-bond acceptors (Lipinski definition) is 4. The summed E-state index contributed by atoms with van der Waals surface area (Å²) >= 11 is 5.99.